The lowest BCUT2D eigenvalue weighted by Crippen LogP contribution is -2.44. The maximum absolute atomic E-state index is 12.9. The topological polar surface area (TPSA) is 102 Å². The number of rotatable bonds is 5. The lowest BCUT2D eigenvalue weighted by Gasteiger charge is -2.32. The molecule has 2 fully saturated rings. The van der Waals surface area contributed by atoms with Crippen LogP contribution >= 0.6 is 0 Å². The zero-order valence-electron chi connectivity index (χ0n) is 16.5. The van der Waals surface area contributed by atoms with E-state index in [0.29, 0.717) is 50.8 Å². The van der Waals surface area contributed by atoms with Crippen molar-refractivity contribution < 1.29 is 22.7 Å². The molecule has 2 aliphatic heterocycles. The van der Waals surface area contributed by atoms with Crippen molar-refractivity contribution >= 4 is 15.9 Å². The summed E-state index contributed by atoms with van der Waals surface area (Å²) in [5.41, 5.74) is 0.457. The minimum Gasteiger partial charge on any atom is -0.472 e. The normalized spacial score (nSPS) is 20.7. The molecule has 2 saturated heterocycles. The number of hydrogen-bond acceptors (Lipinski definition) is 7. The summed E-state index contributed by atoms with van der Waals surface area (Å²) >= 11 is 0. The second-order valence-corrected chi connectivity index (χ2v) is 9.16. The lowest BCUT2D eigenvalue weighted by atomic mass is 10.1. The van der Waals surface area contributed by atoms with E-state index in [9.17, 15) is 13.2 Å². The van der Waals surface area contributed by atoms with E-state index in [2.05, 4.69) is 9.97 Å². The fourth-order valence-corrected chi connectivity index (χ4v) is 5.03. The number of aromatic nitrogens is 2. The van der Waals surface area contributed by atoms with Gasteiger partial charge in [0.1, 0.15) is 12.4 Å². The number of hydrogen-bond donors (Lipinski definition) is 0. The number of carbonyl (C=O) groups excluding carboxylic acids is 1. The number of nitrogens with zero attached hydrogens (tertiary/aromatic N) is 4. The molecule has 0 radical (unpaired) electrons. The molecule has 2 aliphatic rings. The van der Waals surface area contributed by atoms with E-state index in [1.807, 2.05) is 0 Å². The summed E-state index contributed by atoms with van der Waals surface area (Å²) in [5.74, 6) is 0.350. The van der Waals surface area contributed by atoms with Crippen LogP contribution in [0.25, 0.3) is 0 Å². The highest BCUT2D eigenvalue weighted by molar-refractivity contribution is 7.89. The van der Waals surface area contributed by atoms with Crippen LogP contribution in [-0.4, -0.2) is 79.0 Å². The Bertz CT molecular complexity index is 962. The van der Waals surface area contributed by atoms with Gasteiger partial charge in [-0.15, -0.1) is 0 Å². The van der Waals surface area contributed by atoms with Crippen molar-refractivity contribution in [3.8, 4) is 5.88 Å². The Morgan fingerprint density at radius 1 is 1.10 bits per heavy atom. The average Bonchev–Trinajstić information content (AvgIpc) is 2.80. The molecule has 1 aromatic carbocycles. The fourth-order valence-electron chi connectivity index (χ4n) is 3.63. The Labute approximate surface area is 175 Å². The first-order valence-corrected chi connectivity index (χ1v) is 11.4. The molecule has 30 heavy (non-hydrogen) atoms. The summed E-state index contributed by atoms with van der Waals surface area (Å²) in [5, 5.41) is 0. The number of ether oxygens (including phenoxy) is 2. The van der Waals surface area contributed by atoms with Gasteiger partial charge in [-0.25, -0.2) is 18.4 Å². The highest BCUT2D eigenvalue weighted by atomic mass is 32.2. The molecule has 4 rings (SSSR count). The SMILES string of the molecule is O=C(c1ccc(S(=O)(=O)N2CCOCC2)cc1)N1CCCC(Oc2ccncn2)C1. The largest absolute Gasteiger partial charge is 0.472 e. The summed E-state index contributed by atoms with van der Waals surface area (Å²) in [6.07, 6.45) is 4.56. The zero-order chi connectivity index (χ0) is 21.0. The molecule has 160 valence electrons. The molecule has 1 unspecified atom stereocenters. The quantitative estimate of drug-likeness (QED) is 0.699. The molecule has 9 nitrogen and oxygen atoms in total. The number of piperidine rings is 1. The summed E-state index contributed by atoms with van der Waals surface area (Å²) in [6.45, 7) is 2.55. The molecule has 10 heteroatoms. The van der Waals surface area contributed by atoms with Crippen molar-refractivity contribution in [2.75, 3.05) is 39.4 Å². The molecule has 2 aromatic rings. The molecule has 0 bridgehead atoms. The predicted octanol–water partition coefficient (Wildman–Crippen LogP) is 1.18. The number of morpholine rings is 1. The van der Waals surface area contributed by atoms with Crippen LogP contribution in [0.3, 0.4) is 0 Å². The minimum absolute atomic E-state index is 0.138. The van der Waals surface area contributed by atoms with Gasteiger partial charge in [0.15, 0.2) is 0 Å². The minimum atomic E-state index is -3.58. The lowest BCUT2D eigenvalue weighted by molar-refractivity contribution is 0.0527. The first kappa shape index (κ1) is 20.7. The summed E-state index contributed by atoms with van der Waals surface area (Å²) in [4.78, 5) is 22.8. The van der Waals surface area contributed by atoms with Crippen LogP contribution in [0.2, 0.25) is 0 Å². The third kappa shape index (κ3) is 4.61. The molecular weight excluding hydrogens is 408 g/mol. The maximum Gasteiger partial charge on any atom is 0.253 e. The molecule has 1 aromatic heterocycles. The molecule has 1 amide bonds. The van der Waals surface area contributed by atoms with Gasteiger partial charge in [0.2, 0.25) is 15.9 Å². The van der Waals surface area contributed by atoms with Crippen LogP contribution in [0, 0.1) is 0 Å². The Morgan fingerprint density at radius 2 is 1.87 bits per heavy atom. The summed E-state index contributed by atoms with van der Waals surface area (Å²) in [6, 6.07) is 7.83. The second kappa shape index (κ2) is 9.07. The van der Waals surface area contributed by atoms with Crippen LogP contribution in [-0.2, 0) is 14.8 Å². The number of likely N-dealkylation sites (tertiary alicyclic amines) is 1. The number of amides is 1. The monoisotopic (exact) mass is 432 g/mol. The van der Waals surface area contributed by atoms with Crippen molar-refractivity contribution in [3.63, 3.8) is 0 Å². The smallest absolute Gasteiger partial charge is 0.253 e. The molecule has 1 atom stereocenters. The van der Waals surface area contributed by atoms with Crippen LogP contribution < -0.4 is 4.74 Å². The molecule has 0 spiro atoms. The van der Waals surface area contributed by atoms with Gasteiger partial charge in [0.05, 0.1) is 24.7 Å². The zero-order valence-corrected chi connectivity index (χ0v) is 17.3. The summed E-state index contributed by atoms with van der Waals surface area (Å²) < 4.78 is 38.0. The molecule has 0 aliphatic carbocycles. The molecule has 0 N–H and O–H groups in total. The Morgan fingerprint density at radius 3 is 2.57 bits per heavy atom. The van der Waals surface area contributed by atoms with Gasteiger partial charge in [0, 0.05) is 37.5 Å². The molecule has 3 heterocycles. The average molecular weight is 433 g/mol. The van der Waals surface area contributed by atoms with Gasteiger partial charge < -0.3 is 14.4 Å². The highest BCUT2D eigenvalue weighted by Crippen LogP contribution is 2.21. The van der Waals surface area contributed by atoms with E-state index >= 15 is 0 Å². The van der Waals surface area contributed by atoms with E-state index in [4.69, 9.17) is 9.47 Å². The van der Waals surface area contributed by atoms with Gasteiger partial charge in [0.25, 0.3) is 5.91 Å². The Hall–Kier alpha value is -2.56. The third-order valence-electron chi connectivity index (χ3n) is 5.22. The number of sulfonamides is 1. The van der Waals surface area contributed by atoms with Crippen molar-refractivity contribution in [2.24, 2.45) is 0 Å². The van der Waals surface area contributed by atoms with Gasteiger partial charge >= 0.3 is 0 Å². The van der Waals surface area contributed by atoms with Crippen molar-refractivity contribution in [1.29, 1.82) is 0 Å². The first-order chi connectivity index (χ1) is 14.5. The van der Waals surface area contributed by atoms with E-state index < -0.39 is 10.0 Å². The Kier molecular flexibility index (Phi) is 6.26. The van der Waals surface area contributed by atoms with Gasteiger partial charge in [-0.05, 0) is 37.1 Å². The second-order valence-electron chi connectivity index (χ2n) is 7.22. The Balaban J connectivity index is 1.41. The van der Waals surface area contributed by atoms with E-state index in [0.717, 1.165) is 12.8 Å². The van der Waals surface area contributed by atoms with Crippen molar-refractivity contribution in [2.45, 2.75) is 23.8 Å². The van der Waals surface area contributed by atoms with Crippen molar-refractivity contribution in [3.05, 3.63) is 48.4 Å². The third-order valence-corrected chi connectivity index (χ3v) is 7.13. The van der Waals surface area contributed by atoms with Crippen LogP contribution in [0.5, 0.6) is 5.88 Å². The van der Waals surface area contributed by atoms with Crippen LogP contribution in [0.15, 0.2) is 47.8 Å². The van der Waals surface area contributed by atoms with Gasteiger partial charge in [-0.3, -0.25) is 4.79 Å². The van der Waals surface area contributed by atoms with Crippen molar-refractivity contribution in [1.82, 2.24) is 19.2 Å². The standard InChI is InChI=1S/C20H24N4O5S/c25-20(23-9-1-2-17(14-23)29-19-7-8-21-15-22-19)16-3-5-18(6-4-16)30(26,27)24-10-12-28-13-11-24/h3-8,15,17H,1-2,9-14H2. The molecule has 0 saturated carbocycles. The van der Waals surface area contributed by atoms with E-state index in [-0.39, 0.29) is 16.9 Å². The summed E-state index contributed by atoms with van der Waals surface area (Å²) in [7, 11) is -3.58. The highest BCUT2D eigenvalue weighted by Gasteiger charge is 2.28. The first-order valence-electron chi connectivity index (χ1n) is 9.94. The predicted molar refractivity (Wildman–Crippen MR) is 108 cm³/mol. The number of carbonyl (C=O) groups is 1. The molecular formula is C20H24N4O5S. The number of benzene rings is 1. The van der Waals surface area contributed by atoms with E-state index in [1.54, 1.807) is 29.3 Å². The van der Waals surface area contributed by atoms with E-state index in [1.165, 1.54) is 22.8 Å². The van der Waals surface area contributed by atoms with Crippen LogP contribution in [0.1, 0.15) is 23.2 Å². The van der Waals surface area contributed by atoms with Gasteiger partial charge in [-0.2, -0.15) is 4.31 Å². The maximum atomic E-state index is 12.9. The van der Waals surface area contributed by atoms with Gasteiger partial charge in [-0.1, -0.05) is 0 Å². The fraction of sp³-hybridized carbons (Fsp3) is 0.450. The van der Waals surface area contributed by atoms with Crippen LogP contribution in [0.4, 0.5) is 0 Å².